The Labute approximate surface area is 375 Å². The van der Waals surface area contributed by atoms with Crippen LogP contribution in [0.15, 0.2) is 97.3 Å². The summed E-state index contributed by atoms with van der Waals surface area (Å²) in [6, 6.07) is 25.7. The number of ether oxygens (including phenoxy) is 2. The summed E-state index contributed by atoms with van der Waals surface area (Å²) in [5.74, 6) is -0.0248. The number of nitrogens with one attached hydrogen (secondary N) is 1. The molecule has 64 heavy (non-hydrogen) atoms. The molecule has 0 atom stereocenters. The molecule has 7 rings (SSSR count). The van der Waals surface area contributed by atoms with Gasteiger partial charge in [0, 0.05) is 17.3 Å². The Morgan fingerprint density at radius 2 is 1.48 bits per heavy atom. The molecule has 3 heterocycles. The van der Waals surface area contributed by atoms with Crippen LogP contribution in [0.2, 0.25) is 0 Å². The van der Waals surface area contributed by atoms with Gasteiger partial charge in [-0.2, -0.15) is 10.3 Å². The van der Waals surface area contributed by atoms with Crippen LogP contribution in [-0.2, 0) is 0 Å². The highest BCUT2D eigenvalue weighted by molar-refractivity contribution is 7.17. The van der Waals surface area contributed by atoms with Gasteiger partial charge in [-0.1, -0.05) is 90.6 Å². The molecule has 0 bridgehead atoms. The first-order valence-electron chi connectivity index (χ1n) is 19.2. The molecule has 0 aliphatic rings. The van der Waals surface area contributed by atoms with Gasteiger partial charge in [0.1, 0.15) is 21.4 Å². The van der Waals surface area contributed by atoms with Gasteiger partial charge in [-0.3, -0.25) is 0 Å². The highest BCUT2D eigenvalue weighted by Gasteiger charge is 2.17. The van der Waals surface area contributed by atoms with Gasteiger partial charge in [-0.05, 0) is 71.0 Å². The molecule has 326 valence electrons. The number of carbonyl (C=O) groups is 2. The molecule has 0 amide bonds. The van der Waals surface area contributed by atoms with Crippen LogP contribution in [0.25, 0.3) is 53.3 Å². The highest BCUT2D eigenvalue weighted by atomic mass is 32.1. The van der Waals surface area contributed by atoms with Crippen LogP contribution in [0.3, 0.4) is 0 Å². The van der Waals surface area contributed by atoms with Crippen molar-refractivity contribution in [2.24, 2.45) is 11.3 Å². The van der Waals surface area contributed by atoms with Crippen molar-refractivity contribution >= 4 is 40.3 Å². The summed E-state index contributed by atoms with van der Waals surface area (Å²) in [5.41, 5.74) is 6.30. The van der Waals surface area contributed by atoms with Crippen molar-refractivity contribution in [3.8, 4) is 50.3 Å². The number of carboxylic acids is 2. The minimum absolute atomic E-state index is 0. The fourth-order valence-electron chi connectivity index (χ4n) is 5.41. The minimum Gasteiger partial charge on any atom is -0.504 e. The van der Waals surface area contributed by atoms with E-state index in [0.717, 1.165) is 33.6 Å². The molecule has 0 aliphatic carbocycles. The molecule has 0 saturated carbocycles. The fourth-order valence-corrected chi connectivity index (χ4v) is 6.31. The molecular formula is C47H46N10O6S. The van der Waals surface area contributed by atoms with Crippen molar-refractivity contribution in [3.05, 3.63) is 148 Å². The smallest absolute Gasteiger partial charge is 0.347 e. The van der Waals surface area contributed by atoms with E-state index < -0.39 is 11.9 Å². The normalized spacial score (nSPS) is 10.4. The maximum absolute atomic E-state index is 11.1. The van der Waals surface area contributed by atoms with E-state index in [1.54, 1.807) is 49.4 Å². The summed E-state index contributed by atoms with van der Waals surface area (Å²) in [4.78, 5) is 36.9. The van der Waals surface area contributed by atoms with Crippen molar-refractivity contribution in [1.82, 2.24) is 35.4 Å². The number of hydrogen-bond acceptors (Lipinski definition) is 10. The predicted molar refractivity (Wildman–Crippen MR) is 246 cm³/mol. The zero-order chi connectivity index (χ0) is 45.7. The average Bonchev–Trinajstić information content (AvgIpc) is 4.08. The van der Waals surface area contributed by atoms with Gasteiger partial charge in [-0.15, -0.1) is 21.5 Å². The molecule has 3 N–H and O–H groups in total. The number of aromatic amines is 1. The molecule has 0 fully saturated rings. The maximum atomic E-state index is 11.1. The monoisotopic (exact) mass is 878 g/mol. The third-order valence-electron chi connectivity index (χ3n) is 8.50. The van der Waals surface area contributed by atoms with Crippen molar-refractivity contribution in [1.29, 1.82) is 0 Å². The second kappa shape index (κ2) is 22.1. The standard InChI is InChI=1S/C16H17N3O3.C16H16N2O3S.C14H9N5.CH4/c1-16(2,3)10-22-14-6-5-12(7-13(14)17-4)19-9-11(8-18-19)15(20)21;1-9(2)8-21-13-6-5-11(7-12(13)17-4)15-18-10(3)14(22-15)16(19)20;1-15-13-4-2-3-12(9-13)10-5-7-11(8-6-10)14-16-18-19-17-14;/h5-9H,10H2,1-3H3,(H,20,21);5-7,9H,8H2,1-3H3,(H,19,20);2-9H,(H,16,17,18,19);1H4. The van der Waals surface area contributed by atoms with Crippen molar-refractivity contribution in [2.75, 3.05) is 13.2 Å². The Hall–Kier alpha value is -8.20. The van der Waals surface area contributed by atoms with E-state index in [1.165, 1.54) is 17.1 Å². The number of benzene rings is 4. The van der Waals surface area contributed by atoms with E-state index in [4.69, 9.17) is 39.4 Å². The molecule has 17 heteroatoms. The van der Waals surface area contributed by atoms with Gasteiger partial charge in [0.15, 0.2) is 5.69 Å². The number of rotatable bonds is 11. The molecule has 16 nitrogen and oxygen atoms in total. The SMILES string of the molecule is C.[C-]#[N+]c1cc(-c2nc(C)c(C(=O)O)s2)ccc1OCC(C)C.[C-]#[N+]c1cc(-n2cc(C(=O)O)cn2)ccc1OCC(C)(C)C.[C-]#[N+]c1cccc(-c2ccc(-c3nn[nH]n3)cc2)c1. The third-order valence-corrected chi connectivity index (χ3v) is 9.70. The van der Waals surface area contributed by atoms with E-state index in [-0.39, 0.29) is 23.3 Å². The molecule has 0 spiro atoms. The number of aromatic carboxylic acids is 2. The third kappa shape index (κ3) is 13.1. The summed E-state index contributed by atoms with van der Waals surface area (Å²) in [6.45, 7) is 34.5. The van der Waals surface area contributed by atoms with Crippen LogP contribution in [-0.4, -0.2) is 70.8 Å². The number of carboxylic acid groups (broad SMARTS) is 2. The van der Waals surface area contributed by atoms with E-state index in [2.05, 4.69) is 66.0 Å². The molecule has 0 unspecified atom stereocenters. The van der Waals surface area contributed by atoms with Gasteiger partial charge >= 0.3 is 11.9 Å². The molecule has 4 aromatic carbocycles. The van der Waals surface area contributed by atoms with Gasteiger partial charge in [0.2, 0.25) is 17.2 Å². The van der Waals surface area contributed by atoms with Gasteiger partial charge in [0.25, 0.3) is 0 Å². The Bertz CT molecular complexity index is 2810. The Morgan fingerprint density at radius 1 is 0.828 bits per heavy atom. The van der Waals surface area contributed by atoms with Crippen LogP contribution >= 0.6 is 11.3 Å². The topological polar surface area (TPSA) is 191 Å². The zero-order valence-electron chi connectivity index (χ0n) is 35.2. The zero-order valence-corrected chi connectivity index (χ0v) is 36.0. The molecule has 7 aromatic rings. The maximum Gasteiger partial charge on any atom is 0.347 e. The quantitative estimate of drug-likeness (QED) is 0.105. The number of aryl methyl sites for hydroxylation is 1. The van der Waals surface area contributed by atoms with E-state index in [1.807, 2.05) is 56.3 Å². The number of nitrogens with zero attached hydrogens (tertiary/aromatic N) is 9. The highest BCUT2D eigenvalue weighted by Crippen LogP contribution is 2.36. The lowest BCUT2D eigenvalue weighted by atomic mass is 9.99. The van der Waals surface area contributed by atoms with Gasteiger partial charge in [-0.25, -0.2) is 33.8 Å². The molecule has 0 radical (unpaired) electrons. The Kier molecular flexibility index (Phi) is 16.7. The second-order valence-corrected chi connectivity index (χ2v) is 16.3. The largest absolute Gasteiger partial charge is 0.504 e. The molecule has 3 aromatic heterocycles. The number of H-pyrrole nitrogens is 1. The van der Waals surface area contributed by atoms with Crippen LogP contribution in [0.5, 0.6) is 11.5 Å². The van der Waals surface area contributed by atoms with E-state index in [9.17, 15) is 9.59 Å². The van der Waals surface area contributed by atoms with Crippen molar-refractivity contribution < 1.29 is 29.3 Å². The summed E-state index contributed by atoms with van der Waals surface area (Å²) < 4.78 is 12.7. The lowest BCUT2D eigenvalue weighted by Gasteiger charge is -2.19. The van der Waals surface area contributed by atoms with Gasteiger partial charge < -0.3 is 19.7 Å². The van der Waals surface area contributed by atoms with Gasteiger partial charge in [0.05, 0.1) is 56.1 Å². The van der Waals surface area contributed by atoms with Crippen molar-refractivity contribution in [2.45, 2.75) is 49.0 Å². The first-order valence-corrected chi connectivity index (χ1v) is 20.0. The number of thiazole rings is 1. The first kappa shape index (κ1) is 48.5. The van der Waals surface area contributed by atoms with Crippen LogP contribution in [0.4, 0.5) is 17.1 Å². The summed E-state index contributed by atoms with van der Waals surface area (Å²) >= 11 is 1.11. The lowest BCUT2D eigenvalue weighted by Crippen LogP contribution is -2.16. The second-order valence-electron chi connectivity index (χ2n) is 15.3. The minimum atomic E-state index is -1.04. The summed E-state index contributed by atoms with van der Waals surface area (Å²) in [7, 11) is 0. The van der Waals surface area contributed by atoms with Crippen molar-refractivity contribution in [3.63, 3.8) is 0 Å². The summed E-state index contributed by atoms with van der Waals surface area (Å²) in [5, 5.41) is 36.4. The Balaban J connectivity index is 0.000000209. The number of hydrogen-bond donors (Lipinski definition) is 3. The lowest BCUT2D eigenvalue weighted by molar-refractivity contribution is 0.0688. The summed E-state index contributed by atoms with van der Waals surface area (Å²) in [6.07, 6.45) is 2.67. The molecule has 0 saturated heterocycles. The molecular weight excluding hydrogens is 833 g/mol. The first-order chi connectivity index (χ1) is 30.1. The van der Waals surface area contributed by atoms with E-state index in [0.29, 0.717) is 69.9 Å². The van der Waals surface area contributed by atoms with Crippen LogP contribution in [0, 0.1) is 38.0 Å². The number of aromatic nitrogens is 7. The Morgan fingerprint density at radius 3 is 2.06 bits per heavy atom. The average molecular weight is 879 g/mol. The van der Waals surface area contributed by atoms with Crippen LogP contribution < -0.4 is 9.47 Å². The predicted octanol–water partition coefficient (Wildman–Crippen LogP) is 11.7. The fraction of sp³-hybridized carbons (Fsp3) is 0.234. The van der Waals surface area contributed by atoms with E-state index >= 15 is 0 Å². The number of tetrazole rings is 1. The molecule has 0 aliphatic heterocycles. The van der Waals surface area contributed by atoms with Crippen LogP contribution in [0.1, 0.15) is 67.8 Å².